The number of aromatic nitrogens is 2. The Balaban J connectivity index is 2.32. The predicted octanol–water partition coefficient (Wildman–Crippen LogP) is 1.68. The number of nitrogen functional groups attached to an aromatic ring is 1. The lowest BCUT2D eigenvalue weighted by Crippen LogP contribution is -2.09. The van der Waals surface area contributed by atoms with Gasteiger partial charge in [-0.1, -0.05) is 11.8 Å². The van der Waals surface area contributed by atoms with Crippen molar-refractivity contribution in [3.8, 4) is 6.07 Å². The summed E-state index contributed by atoms with van der Waals surface area (Å²) in [5.74, 6) is 0.187. The van der Waals surface area contributed by atoms with Crippen molar-refractivity contribution in [1.29, 1.82) is 5.26 Å². The van der Waals surface area contributed by atoms with Crippen molar-refractivity contribution in [2.24, 2.45) is 0 Å². The van der Waals surface area contributed by atoms with Crippen LogP contribution in [0.1, 0.15) is 11.1 Å². The van der Waals surface area contributed by atoms with Crippen LogP contribution < -0.4 is 11.3 Å². The molecule has 0 amide bonds. The van der Waals surface area contributed by atoms with Crippen LogP contribution in [-0.4, -0.2) is 9.97 Å². The molecule has 0 atom stereocenters. The molecule has 0 unspecified atom stereocenters. The van der Waals surface area contributed by atoms with Gasteiger partial charge in [0.05, 0.1) is 11.6 Å². The minimum absolute atomic E-state index is 0.187. The van der Waals surface area contributed by atoms with Gasteiger partial charge in [-0.05, 0) is 30.7 Å². The van der Waals surface area contributed by atoms with Crippen molar-refractivity contribution in [3.63, 3.8) is 0 Å². The van der Waals surface area contributed by atoms with E-state index in [1.54, 1.807) is 12.1 Å². The summed E-state index contributed by atoms with van der Waals surface area (Å²) in [6, 6.07) is 8.74. The normalized spacial score (nSPS) is 10.0. The number of aromatic amines is 1. The lowest BCUT2D eigenvalue weighted by molar-refractivity contribution is 0.945. The summed E-state index contributed by atoms with van der Waals surface area (Å²) in [6.45, 7) is 1.86. The van der Waals surface area contributed by atoms with E-state index in [1.165, 1.54) is 17.8 Å². The Hall–Kier alpha value is -2.26. The van der Waals surface area contributed by atoms with Gasteiger partial charge in [0.15, 0.2) is 5.16 Å². The number of H-pyrrole nitrogens is 1. The highest BCUT2D eigenvalue weighted by molar-refractivity contribution is 7.99. The van der Waals surface area contributed by atoms with Crippen LogP contribution in [0, 0.1) is 18.3 Å². The van der Waals surface area contributed by atoms with Crippen molar-refractivity contribution in [2.75, 3.05) is 5.73 Å². The molecule has 0 radical (unpaired) electrons. The molecular weight excluding hydrogens is 248 g/mol. The van der Waals surface area contributed by atoms with Crippen molar-refractivity contribution in [3.05, 3.63) is 45.7 Å². The molecule has 2 rings (SSSR count). The van der Waals surface area contributed by atoms with Crippen LogP contribution in [0.5, 0.6) is 0 Å². The van der Waals surface area contributed by atoms with Crippen molar-refractivity contribution >= 4 is 17.6 Å². The summed E-state index contributed by atoms with van der Waals surface area (Å²) < 4.78 is 0. The molecule has 0 fully saturated rings. The summed E-state index contributed by atoms with van der Waals surface area (Å²) in [4.78, 5) is 18.7. The largest absolute Gasteiger partial charge is 0.383 e. The van der Waals surface area contributed by atoms with Gasteiger partial charge in [-0.3, -0.25) is 4.79 Å². The maximum Gasteiger partial charge on any atom is 0.253 e. The molecule has 0 bridgehead atoms. The highest BCUT2D eigenvalue weighted by Gasteiger charge is 2.04. The van der Waals surface area contributed by atoms with Gasteiger partial charge in [-0.2, -0.15) is 5.26 Å². The number of hydrogen-bond donors (Lipinski definition) is 2. The molecule has 0 aliphatic carbocycles. The lowest BCUT2D eigenvalue weighted by atomic mass is 10.1. The number of nitriles is 1. The standard InChI is InChI=1S/C12H10N4OS/c1-7-4-9(3-2-8(7)6-13)18-12-15-10(14)5-11(17)16-12/h2-5H,1H3,(H3,14,15,16,17). The fourth-order valence-corrected chi connectivity index (χ4v) is 2.34. The molecule has 0 spiro atoms. The second-order valence-corrected chi connectivity index (χ2v) is 4.73. The first-order valence-corrected chi connectivity index (χ1v) is 5.95. The van der Waals surface area contributed by atoms with Crippen molar-refractivity contribution in [2.45, 2.75) is 17.0 Å². The van der Waals surface area contributed by atoms with E-state index in [2.05, 4.69) is 16.0 Å². The van der Waals surface area contributed by atoms with Crippen LogP contribution in [0.4, 0.5) is 5.82 Å². The first kappa shape index (κ1) is 12.2. The Kier molecular flexibility index (Phi) is 3.35. The van der Waals surface area contributed by atoms with Gasteiger partial charge in [0.2, 0.25) is 0 Å². The van der Waals surface area contributed by atoms with Crippen LogP contribution in [0.15, 0.2) is 39.1 Å². The van der Waals surface area contributed by atoms with E-state index in [9.17, 15) is 4.79 Å². The number of hydrogen-bond acceptors (Lipinski definition) is 5. The third-order valence-corrected chi connectivity index (χ3v) is 3.15. The Morgan fingerprint density at radius 2 is 2.22 bits per heavy atom. The highest BCUT2D eigenvalue weighted by atomic mass is 32.2. The molecule has 5 nitrogen and oxygen atoms in total. The average molecular weight is 258 g/mol. The molecule has 6 heteroatoms. The minimum Gasteiger partial charge on any atom is -0.383 e. The van der Waals surface area contributed by atoms with E-state index in [0.717, 1.165) is 10.5 Å². The van der Waals surface area contributed by atoms with E-state index in [1.807, 2.05) is 13.0 Å². The van der Waals surface area contributed by atoms with Crippen LogP contribution in [-0.2, 0) is 0 Å². The number of aryl methyl sites for hydroxylation is 1. The number of anilines is 1. The quantitative estimate of drug-likeness (QED) is 0.799. The topological polar surface area (TPSA) is 95.6 Å². The third-order valence-electron chi connectivity index (χ3n) is 2.27. The van der Waals surface area contributed by atoms with Gasteiger partial charge in [0, 0.05) is 11.0 Å². The molecule has 90 valence electrons. The molecule has 18 heavy (non-hydrogen) atoms. The number of benzene rings is 1. The zero-order valence-electron chi connectivity index (χ0n) is 9.60. The van der Waals surface area contributed by atoms with Crippen molar-refractivity contribution < 1.29 is 0 Å². The summed E-state index contributed by atoms with van der Waals surface area (Å²) in [7, 11) is 0. The van der Waals surface area contributed by atoms with Gasteiger partial charge >= 0.3 is 0 Å². The number of nitrogens with two attached hydrogens (primary N) is 1. The van der Waals surface area contributed by atoms with Gasteiger partial charge < -0.3 is 10.7 Å². The summed E-state index contributed by atoms with van der Waals surface area (Å²) >= 11 is 1.29. The molecule has 0 aliphatic rings. The molecule has 0 aliphatic heterocycles. The fraction of sp³-hybridized carbons (Fsp3) is 0.0833. The molecule has 1 heterocycles. The number of nitrogens with zero attached hydrogens (tertiary/aromatic N) is 2. The maximum atomic E-state index is 11.2. The Morgan fingerprint density at radius 3 is 2.83 bits per heavy atom. The molecule has 3 N–H and O–H groups in total. The molecule has 1 aromatic carbocycles. The average Bonchev–Trinajstić information content (AvgIpc) is 2.27. The van der Waals surface area contributed by atoms with E-state index in [4.69, 9.17) is 11.0 Å². The molecular formula is C12H10N4OS. The summed E-state index contributed by atoms with van der Waals surface area (Å²) in [5, 5.41) is 9.27. The second-order valence-electron chi connectivity index (χ2n) is 3.67. The molecule has 0 saturated carbocycles. The van der Waals surface area contributed by atoms with Crippen molar-refractivity contribution in [1.82, 2.24) is 9.97 Å². The van der Waals surface area contributed by atoms with E-state index >= 15 is 0 Å². The van der Waals surface area contributed by atoms with E-state index in [-0.39, 0.29) is 11.4 Å². The van der Waals surface area contributed by atoms with Crippen LogP contribution in [0.2, 0.25) is 0 Å². The SMILES string of the molecule is Cc1cc(Sc2nc(N)cc(=O)[nH]2)ccc1C#N. The van der Waals surface area contributed by atoms with Gasteiger partial charge in [0.1, 0.15) is 5.82 Å². The molecule has 1 aromatic heterocycles. The van der Waals surface area contributed by atoms with E-state index in [0.29, 0.717) is 10.7 Å². The maximum absolute atomic E-state index is 11.2. The Bertz CT molecular complexity index is 687. The zero-order valence-corrected chi connectivity index (χ0v) is 10.4. The third kappa shape index (κ3) is 2.70. The van der Waals surface area contributed by atoms with Gasteiger partial charge in [-0.15, -0.1) is 0 Å². The van der Waals surface area contributed by atoms with Gasteiger partial charge in [-0.25, -0.2) is 4.98 Å². The highest BCUT2D eigenvalue weighted by Crippen LogP contribution is 2.25. The molecule has 2 aromatic rings. The summed E-state index contributed by atoms with van der Waals surface area (Å²) in [6.07, 6.45) is 0. The molecule has 0 saturated heterocycles. The van der Waals surface area contributed by atoms with Crippen LogP contribution in [0.3, 0.4) is 0 Å². The monoisotopic (exact) mass is 258 g/mol. The summed E-state index contributed by atoms with van der Waals surface area (Å²) in [5.41, 5.74) is 6.73. The first-order valence-electron chi connectivity index (χ1n) is 5.14. The predicted molar refractivity (Wildman–Crippen MR) is 69.3 cm³/mol. The van der Waals surface area contributed by atoms with Crippen LogP contribution >= 0.6 is 11.8 Å². The minimum atomic E-state index is -0.282. The number of rotatable bonds is 2. The second kappa shape index (κ2) is 4.94. The lowest BCUT2D eigenvalue weighted by Gasteiger charge is -2.03. The van der Waals surface area contributed by atoms with Gasteiger partial charge in [0.25, 0.3) is 5.56 Å². The fourth-order valence-electron chi connectivity index (χ4n) is 1.44. The Labute approximate surface area is 108 Å². The van der Waals surface area contributed by atoms with E-state index < -0.39 is 0 Å². The smallest absolute Gasteiger partial charge is 0.253 e. The Morgan fingerprint density at radius 1 is 1.44 bits per heavy atom. The zero-order chi connectivity index (χ0) is 13.1. The number of nitrogens with one attached hydrogen (secondary N) is 1. The van der Waals surface area contributed by atoms with Crippen LogP contribution in [0.25, 0.3) is 0 Å². The first-order chi connectivity index (χ1) is 8.58.